The van der Waals surface area contributed by atoms with Crippen molar-refractivity contribution < 1.29 is 4.79 Å². The monoisotopic (exact) mass is 252 g/mol. The highest BCUT2D eigenvalue weighted by Crippen LogP contribution is 2.16. The minimum Gasteiger partial charge on any atom is -0.317 e. The number of anilines is 1. The number of carbonyl (C=O) groups excluding carboxylic acids is 1. The van der Waals surface area contributed by atoms with Crippen LogP contribution in [0.1, 0.15) is 19.4 Å². The fourth-order valence-corrected chi connectivity index (χ4v) is 1.91. The summed E-state index contributed by atoms with van der Waals surface area (Å²) in [6.45, 7) is 7.43. The summed E-state index contributed by atoms with van der Waals surface area (Å²) in [7, 11) is 0. The Morgan fingerprint density at radius 3 is 2.53 bits per heavy atom. The van der Waals surface area contributed by atoms with Gasteiger partial charge in [0.2, 0.25) is 0 Å². The molecular formula is C13H20N2OS. The smallest absolute Gasteiger partial charge is 0.280 e. The molecule has 0 aromatic heterocycles. The molecule has 1 N–H and O–H groups in total. The maximum absolute atomic E-state index is 11.0. The summed E-state index contributed by atoms with van der Waals surface area (Å²) in [5.41, 5.74) is 2.02. The number of hydrogen-bond acceptors (Lipinski definition) is 2. The van der Waals surface area contributed by atoms with Crippen LogP contribution in [0.25, 0.3) is 0 Å². The Morgan fingerprint density at radius 2 is 1.94 bits per heavy atom. The van der Waals surface area contributed by atoms with E-state index in [2.05, 4.69) is 36.7 Å². The molecule has 1 aromatic carbocycles. The fourth-order valence-electron chi connectivity index (χ4n) is 1.79. The average molecular weight is 252 g/mol. The van der Waals surface area contributed by atoms with Gasteiger partial charge in [-0.2, -0.15) is 0 Å². The number of benzene rings is 1. The minimum absolute atomic E-state index is 0.319. The van der Waals surface area contributed by atoms with Crippen LogP contribution in [-0.4, -0.2) is 29.8 Å². The highest BCUT2D eigenvalue weighted by molar-refractivity contribution is 7.96. The molecule has 0 fully saturated rings. The van der Waals surface area contributed by atoms with E-state index >= 15 is 0 Å². The van der Waals surface area contributed by atoms with E-state index in [1.54, 1.807) is 0 Å². The highest BCUT2D eigenvalue weighted by atomic mass is 32.1. The Labute approximate surface area is 109 Å². The van der Waals surface area contributed by atoms with Crippen LogP contribution in [0.4, 0.5) is 10.5 Å². The van der Waals surface area contributed by atoms with Gasteiger partial charge < -0.3 is 10.2 Å². The molecule has 0 aliphatic heterocycles. The predicted molar refractivity (Wildman–Crippen MR) is 75.9 cm³/mol. The first-order valence-corrected chi connectivity index (χ1v) is 6.42. The van der Waals surface area contributed by atoms with Crippen molar-refractivity contribution in [2.75, 3.05) is 25.0 Å². The zero-order valence-corrected chi connectivity index (χ0v) is 11.3. The second-order valence-corrected chi connectivity index (χ2v) is 4.27. The molecule has 94 valence electrons. The molecule has 4 heteroatoms. The third-order valence-electron chi connectivity index (χ3n) is 2.85. The van der Waals surface area contributed by atoms with Crippen LogP contribution in [-0.2, 0) is 6.42 Å². The van der Waals surface area contributed by atoms with Crippen molar-refractivity contribution in [1.29, 1.82) is 0 Å². The van der Waals surface area contributed by atoms with Crippen LogP contribution in [0.3, 0.4) is 0 Å². The van der Waals surface area contributed by atoms with Gasteiger partial charge in [0.15, 0.2) is 0 Å². The Balaban J connectivity index is 2.66. The molecule has 0 bridgehead atoms. The molecule has 0 unspecified atom stereocenters. The summed E-state index contributed by atoms with van der Waals surface area (Å²) in [6, 6.07) is 7.86. The van der Waals surface area contributed by atoms with Gasteiger partial charge in [-0.3, -0.25) is 4.79 Å². The third-order valence-corrected chi connectivity index (χ3v) is 2.96. The fraction of sp³-hybridized carbons (Fsp3) is 0.462. The van der Waals surface area contributed by atoms with Crippen LogP contribution in [0.15, 0.2) is 24.3 Å². The Morgan fingerprint density at radius 1 is 1.29 bits per heavy atom. The van der Waals surface area contributed by atoms with Gasteiger partial charge in [0.05, 0.1) is 0 Å². The Hall–Kier alpha value is -1.000. The summed E-state index contributed by atoms with van der Waals surface area (Å²) in [5.74, 6) is 0. The Bertz CT molecular complexity index is 364. The van der Waals surface area contributed by atoms with E-state index in [-0.39, 0.29) is 5.24 Å². The van der Waals surface area contributed by atoms with Crippen molar-refractivity contribution in [3.63, 3.8) is 0 Å². The second kappa shape index (κ2) is 7.35. The molecule has 17 heavy (non-hydrogen) atoms. The summed E-state index contributed by atoms with van der Waals surface area (Å²) >= 11 is 3.74. The van der Waals surface area contributed by atoms with E-state index in [1.165, 1.54) is 0 Å². The minimum atomic E-state index is -0.319. The molecule has 0 aliphatic carbocycles. The third kappa shape index (κ3) is 4.79. The molecule has 0 aliphatic rings. The summed E-state index contributed by atoms with van der Waals surface area (Å²) < 4.78 is 0. The van der Waals surface area contributed by atoms with Crippen LogP contribution in [0, 0.1) is 0 Å². The molecule has 0 saturated heterocycles. The van der Waals surface area contributed by atoms with Gasteiger partial charge in [0.1, 0.15) is 0 Å². The van der Waals surface area contributed by atoms with E-state index < -0.39 is 0 Å². The topological polar surface area (TPSA) is 32.3 Å². The maximum atomic E-state index is 11.0. The largest absolute Gasteiger partial charge is 0.317 e. The van der Waals surface area contributed by atoms with Gasteiger partial charge in [0, 0.05) is 12.2 Å². The van der Waals surface area contributed by atoms with Gasteiger partial charge in [-0.1, -0.05) is 44.7 Å². The van der Waals surface area contributed by atoms with Crippen molar-refractivity contribution in [1.82, 2.24) is 4.90 Å². The van der Waals surface area contributed by atoms with E-state index in [1.807, 2.05) is 24.3 Å². The molecule has 3 nitrogen and oxygen atoms in total. The van der Waals surface area contributed by atoms with Crippen molar-refractivity contribution >= 4 is 23.6 Å². The number of carbonyl (C=O) groups is 1. The van der Waals surface area contributed by atoms with Crippen LogP contribution < -0.4 is 5.32 Å². The molecular weight excluding hydrogens is 232 g/mol. The molecule has 0 spiro atoms. The SMILES string of the molecule is CCN(CC)CCc1ccccc1NC(=O)S. The normalized spacial score (nSPS) is 10.6. The lowest BCUT2D eigenvalue weighted by Crippen LogP contribution is -2.25. The lowest BCUT2D eigenvalue weighted by atomic mass is 10.1. The molecule has 1 amide bonds. The van der Waals surface area contributed by atoms with Gasteiger partial charge in [-0.25, -0.2) is 0 Å². The van der Waals surface area contributed by atoms with E-state index in [0.717, 1.165) is 37.3 Å². The number of nitrogens with one attached hydrogen (secondary N) is 1. The molecule has 1 rings (SSSR count). The average Bonchev–Trinajstić information content (AvgIpc) is 2.31. The van der Waals surface area contributed by atoms with E-state index in [4.69, 9.17) is 0 Å². The van der Waals surface area contributed by atoms with Crippen molar-refractivity contribution in [3.8, 4) is 0 Å². The first-order valence-electron chi connectivity index (χ1n) is 5.97. The number of rotatable bonds is 6. The highest BCUT2D eigenvalue weighted by Gasteiger charge is 2.05. The molecule has 1 aromatic rings. The first kappa shape index (κ1) is 14.1. The predicted octanol–water partition coefficient (Wildman–Crippen LogP) is 3.03. The zero-order chi connectivity index (χ0) is 12.7. The lowest BCUT2D eigenvalue weighted by molar-refractivity contribution is 0.270. The number of nitrogens with zero attached hydrogens (tertiary/aromatic N) is 1. The number of thiol groups is 1. The maximum Gasteiger partial charge on any atom is 0.280 e. The van der Waals surface area contributed by atoms with Gasteiger partial charge in [0.25, 0.3) is 5.24 Å². The Kier molecular flexibility index (Phi) is 6.08. The molecule has 0 radical (unpaired) electrons. The summed E-state index contributed by atoms with van der Waals surface area (Å²) in [4.78, 5) is 13.3. The zero-order valence-electron chi connectivity index (χ0n) is 10.4. The van der Waals surface area contributed by atoms with Crippen LogP contribution >= 0.6 is 12.6 Å². The molecule has 0 atom stereocenters. The van der Waals surface area contributed by atoms with E-state index in [0.29, 0.717) is 0 Å². The van der Waals surface area contributed by atoms with Gasteiger partial charge >= 0.3 is 0 Å². The van der Waals surface area contributed by atoms with Crippen molar-refractivity contribution in [3.05, 3.63) is 29.8 Å². The standard InChI is InChI=1S/C13H20N2OS/c1-3-15(4-2)10-9-11-7-5-6-8-12(11)14-13(16)17/h5-8H,3-4,9-10H2,1-2H3,(H2,14,16,17). The van der Waals surface area contributed by atoms with Crippen LogP contribution in [0.5, 0.6) is 0 Å². The number of likely N-dealkylation sites (N-methyl/N-ethyl adjacent to an activating group) is 1. The second-order valence-electron chi connectivity index (χ2n) is 3.86. The van der Waals surface area contributed by atoms with Gasteiger partial charge in [-0.05, 0) is 31.1 Å². The molecule has 0 heterocycles. The number of amides is 1. The number of para-hydroxylation sites is 1. The molecule has 0 saturated carbocycles. The first-order chi connectivity index (χ1) is 8.17. The van der Waals surface area contributed by atoms with E-state index in [9.17, 15) is 4.79 Å². The van der Waals surface area contributed by atoms with Crippen LogP contribution in [0.2, 0.25) is 0 Å². The number of hydrogen-bond donors (Lipinski definition) is 2. The van der Waals surface area contributed by atoms with Crippen molar-refractivity contribution in [2.24, 2.45) is 0 Å². The van der Waals surface area contributed by atoms with Crippen molar-refractivity contribution in [2.45, 2.75) is 20.3 Å². The lowest BCUT2D eigenvalue weighted by Gasteiger charge is -2.18. The quantitative estimate of drug-likeness (QED) is 0.763. The summed E-state index contributed by atoms with van der Waals surface area (Å²) in [6.07, 6.45) is 0.936. The van der Waals surface area contributed by atoms with Gasteiger partial charge in [-0.15, -0.1) is 0 Å². The summed E-state index contributed by atoms with van der Waals surface area (Å²) in [5, 5.41) is 2.42.